The molecule has 2 N–H and O–H groups in total. The third kappa shape index (κ3) is 3.64. The molecule has 0 saturated heterocycles. The predicted octanol–water partition coefficient (Wildman–Crippen LogP) is 3.60. The van der Waals surface area contributed by atoms with Gasteiger partial charge in [-0.3, -0.25) is 0 Å². The van der Waals surface area contributed by atoms with Crippen LogP contribution in [0, 0.1) is 5.92 Å². The van der Waals surface area contributed by atoms with Crippen LogP contribution in [0.2, 0.25) is 0 Å². The van der Waals surface area contributed by atoms with Crippen molar-refractivity contribution in [3.05, 3.63) is 42.2 Å². The summed E-state index contributed by atoms with van der Waals surface area (Å²) in [5, 5.41) is 0.727. The van der Waals surface area contributed by atoms with Crippen LogP contribution in [0.1, 0.15) is 25.8 Å². The van der Waals surface area contributed by atoms with Crippen LogP contribution < -0.4 is 5.73 Å². The van der Waals surface area contributed by atoms with Crippen LogP contribution >= 0.6 is 11.8 Å². The van der Waals surface area contributed by atoms with Gasteiger partial charge in [0.15, 0.2) is 16.6 Å². The fourth-order valence-electron chi connectivity index (χ4n) is 2.24. The highest BCUT2D eigenvalue weighted by Crippen LogP contribution is 2.24. The zero-order valence-corrected chi connectivity index (χ0v) is 14.3. The molecular weight excluding hydrogens is 306 g/mol. The van der Waals surface area contributed by atoms with E-state index in [4.69, 9.17) is 5.73 Å². The van der Waals surface area contributed by atoms with Crippen molar-refractivity contribution in [2.24, 2.45) is 5.92 Å². The average molecular weight is 327 g/mol. The van der Waals surface area contributed by atoms with Crippen LogP contribution in [-0.2, 0) is 6.54 Å². The van der Waals surface area contributed by atoms with Crippen LogP contribution in [0.3, 0.4) is 0 Å². The fraction of sp³-hybridized carbons (Fsp3) is 0.353. The zero-order valence-electron chi connectivity index (χ0n) is 13.4. The van der Waals surface area contributed by atoms with Crippen molar-refractivity contribution in [1.82, 2.24) is 19.5 Å². The van der Waals surface area contributed by atoms with E-state index in [0.29, 0.717) is 17.3 Å². The number of rotatable bonds is 6. The quantitative estimate of drug-likeness (QED) is 0.553. The summed E-state index contributed by atoms with van der Waals surface area (Å²) in [6.45, 7) is 5.15. The Hall–Kier alpha value is -2.08. The summed E-state index contributed by atoms with van der Waals surface area (Å²) < 4.78 is 2.02. The molecular formula is C17H21N5S. The number of hydrogen-bond acceptors (Lipinski definition) is 5. The first kappa shape index (κ1) is 15.8. The number of aromatic nitrogens is 4. The van der Waals surface area contributed by atoms with Crippen LogP contribution in [-0.4, -0.2) is 25.3 Å². The summed E-state index contributed by atoms with van der Waals surface area (Å²) in [5.74, 6) is 2.08. The Bertz CT molecular complexity index is 784. The van der Waals surface area contributed by atoms with E-state index in [-0.39, 0.29) is 0 Å². The molecule has 0 saturated carbocycles. The van der Waals surface area contributed by atoms with Crippen molar-refractivity contribution in [1.29, 1.82) is 0 Å². The van der Waals surface area contributed by atoms with Gasteiger partial charge >= 0.3 is 0 Å². The molecule has 0 aliphatic heterocycles. The standard InChI is InChI=1S/C17H21N5S/c1-3-12(2)10-23-17-20-15(18)14-16(21-17)22(11-19-14)9-13-7-5-4-6-8-13/h4-8,11-12H,3,9-10H2,1-2H3,(H2,18,20,21). The summed E-state index contributed by atoms with van der Waals surface area (Å²) >= 11 is 1.66. The molecule has 0 radical (unpaired) electrons. The van der Waals surface area contributed by atoms with E-state index in [1.165, 1.54) is 5.56 Å². The van der Waals surface area contributed by atoms with Crippen molar-refractivity contribution in [2.45, 2.75) is 32.0 Å². The number of anilines is 1. The van der Waals surface area contributed by atoms with Gasteiger partial charge in [-0.25, -0.2) is 15.0 Å². The van der Waals surface area contributed by atoms with E-state index in [1.807, 2.05) is 22.8 Å². The lowest BCUT2D eigenvalue weighted by Gasteiger charge is -2.08. The van der Waals surface area contributed by atoms with Crippen molar-refractivity contribution in [2.75, 3.05) is 11.5 Å². The number of imidazole rings is 1. The second kappa shape index (κ2) is 7.00. The molecule has 3 aromatic rings. The topological polar surface area (TPSA) is 69.6 Å². The minimum absolute atomic E-state index is 0.452. The third-order valence-electron chi connectivity index (χ3n) is 3.86. The van der Waals surface area contributed by atoms with E-state index in [9.17, 15) is 0 Å². The van der Waals surface area contributed by atoms with E-state index in [1.54, 1.807) is 18.1 Å². The molecule has 0 amide bonds. The van der Waals surface area contributed by atoms with Crippen LogP contribution in [0.15, 0.2) is 41.8 Å². The molecule has 5 nitrogen and oxygen atoms in total. The predicted molar refractivity (Wildman–Crippen MR) is 95.5 cm³/mol. The molecule has 120 valence electrons. The van der Waals surface area contributed by atoms with Gasteiger partial charge in [-0.1, -0.05) is 62.4 Å². The summed E-state index contributed by atoms with van der Waals surface area (Å²) in [7, 11) is 0. The summed E-state index contributed by atoms with van der Waals surface area (Å²) in [5.41, 5.74) is 8.74. The van der Waals surface area contributed by atoms with Crippen molar-refractivity contribution < 1.29 is 0 Å². The van der Waals surface area contributed by atoms with Gasteiger partial charge in [-0.15, -0.1) is 0 Å². The first-order valence-electron chi connectivity index (χ1n) is 7.82. The summed E-state index contributed by atoms with van der Waals surface area (Å²) in [6, 6.07) is 10.3. The van der Waals surface area contributed by atoms with Crippen LogP contribution in [0.5, 0.6) is 0 Å². The van der Waals surface area contributed by atoms with Crippen molar-refractivity contribution in [3.8, 4) is 0 Å². The molecule has 1 atom stereocenters. The molecule has 6 heteroatoms. The Morgan fingerprint density at radius 3 is 2.74 bits per heavy atom. The van der Waals surface area contributed by atoms with E-state index in [0.717, 1.165) is 29.5 Å². The Morgan fingerprint density at radius 1 is 1.22 bits per heavy atom. The summed E-state index contributed by atoms with van der Waals surface area (Å²) in [6.07, 6.45) is 2.93. The lowest BCUT2D eigenvalue weighted by molar-refractivity contribution is 0.636. The molecule has 0 bridgehead atoms. The minimum atomic E-state index is 0.452. The van der Waals surface area contributed by atoms with Gasteiger partial charge in [-0.2, -0.15) is 0 Å². The first-order valence-corrected chi connectivity index (χ1v) is 8.81. The molecule has 0 fully saturated rings. The highest BCUT2D eigenvalue weighted by Gasteiger charge is 2.12. The number of benzene rings is 1. The lowest BCUT2D eigenvalue weighted by atomic mass is 10.2. The SMILES string of the molecule is CCC(C)CSc1nc(N)c2ncn(Cc3ccccc3)c2n1. The number of nitrogens with two attached hydrogens (primary N) is 1. The van der Waals surface area contributed by atoms with Gasteiger partial charge in [0, 0.05) is 5.75 Å². The monoisotopic (exact) mass is 327 g/mol. The van der Waals surface area contributed by atoms with E-state index >= 15 is 0 Å². The Balaban J connectivity index is 1.89. The molecule has 0 aliphatic carbocycles. The molecule has 1 unspecified atom stereocenters. The normalized spacial score (nSPS) is 12.6. The van der Waals surface area contributed by atoms with Gasteiger partial charge in [0.25, 0.3) is 0 Å². The van der Waals surface area contributed by atoms with Gasteiger partial charge < -0.3 is 10.3 Å². The maximum absolute atomic E-state index is 6.06. The third-order valence-corrected chi connectivity index (χ3v) is 5.04. The molecule has 23 heavy (non-hydrogen) atoms. The number of fused-ring (bicyclic) bond motifs is 1. The lowest BCUT2D eigenvalue weighted by Crippen LogP contribution is -2.03. The highest BCUT2D eigenvalue weighted by atomic mass is 32.2. The fourth-order valence-corrected chi connectivity index (χ4v) is 3.22. The molecule has 0 aliphatic rings. The number of nitrogens with zero attached hydrogens (tertiary/aromatic N) is 4. The average Bonchev–Trinajstić information content (AvgIpc) is 2.97. The second-order valence-electron chi connectivity index (χ2n) is 5.75. The zero-order chi connectivity index (χ0) is 16.2. The van der Waals surface area contributed by atoms with E-state index in [2.05, 4.69) is 40.9 Å². The van der Waals surface area contributed by atoms with E-state index < -0.39 is 0 Å². The Labute approximate surface area is 140 Å². The minimum Gasteiger partial charge on any atom is -0.382 e. The maximum atomic E-state index is 6.06. The van der Waals surface area contributed by atoms with Crippen LogP contribution in [0.25, 0.3) is 11.2 Å². The van der Waals surface area contributed by atoms with Gasteiger partial charge in [0.2, 0.25) is 0 Å². The molecule has 3 rings (SSSR count). The number of nitrogen functional groups attached to an aromatic ring is 1. The van der Waals surface area contributed by atoms with Gasteiger partial charge in [0.05, 0.1) is 12.9 Å². The molecule has 0 spiro atoms. The van der Waals surface area contributed by atoms with Gasteiger partial charge in [-0.05, 0) is 11.5 Å². The van der Waals surface area contributed by atoms with Crippen LogP contribution in [0.4, 0.5) is 5.82 Å². The molecule has 2 heterocycles. The highest BCUT2D eigenvalue weighted by molar-refractivity contribution is 7.99. The van der Waals surface area contributed by atoms with Crippen molar-refractivity contribution in [3.63, 3.8) is 0 Å². The molecule has 2 aromatic heterocycles. The summed E-state index contributed by atoms with van der Waals surface area (Å²) in [4.78, 5) is 13.4. The maximum Gasteiger partial charge on any atom is 0.191 e. The van der Waals surface area contributed by atoms with Gasteiger partial charge in [0.1, 0.15) is 5.52 Å². The van der Waals surface area contributed by atoms with Crippen molar-refractivity contribution >= 4 is 28.7 Å². The smallest absolute Gasteiger partial charge is 0.191 e. The second-order valence-corrected chi connectivity index (χ2v) is 6.73. The first-order chi connectivity index (χ1) is 11.2. The Kier molecular flexibility index (Phi) is 4.81. The number of hydrogen-bond donors (Lipinski definition) is 1. The number of thioether (sulfide) groups is 1. The Morgan fingerprint density at radius 2 is 2.00 bits per heavy atom. The largest absolute Gasteiger partial charge is 0.382 e. The molecule has 1 aromatic carbocycles.